The maximum atomic E-state index is 9.16. The molecule has 0 atom stereocenters. The van der Waals surface area contributed by atoms with E-state index in [1.807, 2.05) is 18.4 Å². The summed E-state index contributed by atoms with van der Waals surface area (Å²) >= 11 is 1.48. The minimum atomic E-state index is -0.0604. The molecule has 0 bridgehead atoms. The van der Waals surface area contributed by atoms with E-state index in [1.165, 1.54) is 11.8 Å². The van der Waals surface area contributed by atoms with Gasteiger partial charge in [-0.3, -0.25) is 0 Å². The van der Waals surface area contributed by atoms with Crippen molar-refractivity contribution in [3.63, 3.8) is 0 Å². The third kappa shape index (κ3) is 3.48. The molecular weight excluding hydrogens is 288 g/mol. The Morgan fingerprint density at radius 2 is 2.05 bits per heavy atom. The van der Waals surface area contributed by atoms with Crippen molar-refractivity contribution in [2.75, 3.05) is 6.26 Å². The summed E-state index contributed by atoms with van der Waals surface area (Å²) in [5.41, 5.74) is 7.04. The van der Waals surface area contributed by atoms with Gasteiger partial charge in [0.25, 0.3) is 0 Å². The quantitative estimate of drug-likeness (QED) is 0.260. The van der Waals surface area contributed by atoms with Gasteiger partial charge in [0.15, 0.2) is 5.84 Å². The summed E-state index contributed by atoms with van der Waals surface area (Å²) in [5.74, 6) is 1.06. The fourth-order valence-electron chi connectivity index (χ4n) is 1.90. The number of nitrogens with zero attached hydrogens (tertiary/aromatic N) is 1. The Labute approximate surface area is 127 Å². The topological polar surface area (TPSA) is 88.1 Å². The smallest absolute Gasteiger partial charge is 0.175 e. The van der Waals surface area contributed by atoms with Gasteiger partial charge in [-0.25, -0.2) is 0 Å². The van der Waals surface area contributed by atoms with Crippen LogP contribution in [-0.2, 0) is 6.61 Å². The van der Waals surface area contributed by atoms with E-state index in [9.17, 15) is 0 Å². The van der Waals surface area contributed by atoms with Gasteiger partial charge in [-0.1, -0.05) is 23.4 Å². The number of ether oxygens (including phenoxy) is 1. The highest BCUT2D eigenvalue weighted by Gasteiger charge is 2.14. The molecule has 6 heteroatoms. The molecule has 0 aliphatic carbocycles. The average molecular weight is 304 g/mol. The first-order valence-corrected chi connectivity index (χ1v) is 7.44. The molecule has 0 unspecified atom stereocenters. The van der Waals surface area contributed by atoms with Crippen molar-refractivity contribution in [1.29, 1.82) is 0 Å². The Kier molecular flexibility index (Phi) is 5.08. The van der Waals surface area contributed by atoms with Crippen molar-refractivity contribution in [2.45, 2.75) is 11.5 Å². The second kappa shape index (κ2) is 7.01. The van der Waals surface area contributed by atoms with Crippen molar-refractivity contribution >= 4 is 17.6 Å². The van der Waals surface area contributed by atoms with Crippen LogP contribution in [0.2, 0.25) is 0 Å². The molecule has 2 aromatic carbocycles. The van der Waals surface area contributed by atoms with Crippen LogP contribution >= 0.6 is 11.8 Å². The van der Waals surface area contributed by atoms with Crippen LogP contribution in [0.25, 0.3) is 0 Å². The fraction of sp³-hybridized carbons (Fsp3) is 0.133. The monoisotopic (exact) mass is 304 g/mol. The number of rotatable bonds is 5. The number of benzene rings is 2. The van der Waals surface area contributed by atoms with Gasteiger partial charge in [-0.15, -0.1) is 11.8 Å². The lowest BCUT2D eigenvalue weighted by atomic mass is 10.1. The summed E-state index contributed by atoms with van der Waals surface area (Å²) in [4.78, 5) is 0.848. The molecule has 0 spiro atoms. The van der Waals surface area contributed by atoms with Crippen molar-refractivity contribution in [3.05, 3.63) is 53.6 Å². The van der Waals surface area contributed by atoms with Gasteiger partial charge in [-0.2, -0.15) is 0 Å². The highest BCUT2D eigenvalue weighted by molar-refractivity contribution is 7.98. The van der Waals surface area contributed by atoms with Crippen LogP contribution in [0.1, 0.15) is 11.1 Å². The minimum Gasteiger partial charge on any atom is -0.457 e. The SMILES string of the molecule is CSc1cccc(Oc2cccc(CO)c2)c1/C(N)=N/O. The lowest BCUT2D eigenvalue weighted by Gasteiger charge is -2.13. The summed E-state index contributed by atoms with van der Waals surface area (Å²) in [5, 5.41) is 21.2. The average Bonchev–Trinajstić information content (AvgIpc) is 2.54. The molecule has 110 valence electrons. The Morgan fingerprint density at radius 3 is 2.71 bits per heavy atom. The molecule has 0 aromatic heterocycles. The van der Waals surface area contributed by atoms with E-state index in [0.29, 0.717) is 17.1 Å². The predicted octanol–water partition coefficient (Wildman–Crippen LogP) is 2.79. The minimum absolute atomic E-state index is 0.00624. The number of aliphatic hydroxyl groups is 1. The maximum Gasteiger partial charge on any atom is 0.175 e. The van der Waals surface area contributed by atoms with E-state index >= 15 is 0 Å². The molecule has 21 heavy (non-hydrogen) atoms. The molecule has 0 fully saturated rings. The number of thioether (sulfide) groups is 1. The van der Waals surface area contributed by atoms with Gasteiger partial charge in [0.1, 0.15) is 11.5 Å². The largest absolute Gasteiger partial charge is 0.457 e. The fourth-order valence-corrected chi connectivity index (χ4v) is 2.53. The van der Waals surface area contributed by atoms with Crippen LogP contribution in [0.15, 0.2) is 52.5 Å². The van der Waals surface area contributed by atoms with E-state index in [2.05, 4.69) is 5.16 Å². The summed E-state index contributed by atoms with van der Waals surface area (Å²) < 4.78 is 5.82. The van der Waals surface area contributed by atoms with Gasteiger partial charge in [-0.05, 0) is 36.1 Å². The van der Waals surface area contributed by atoms with Crippen molar-refractivity contribution in [3.8, 4) is 11.5 Å². The van der Waals surface area contributed by atoms with Crippen molar-refractivity contribution in [1.82, 2.24) is 0 Å². The normalized spacial score (nSPS) is 11.4. The number of hydrogen-bond donors (Lipinski definition) is 3. The predicted molar refractivity (Wildman–Crippen MR) is 83.2 cm³/mol. The highest BCUT2D eigenvalue weighted by atomic mass is 32.2. The Balaban J connectivity index is 2.43. The molecular formula is C15H16N2O3S. The third-order valence-corrected chi connectivity index (χ3v) is 3.66. The molecule has 4 N–H and O–H groups in total. The molecule has 0 aliphatic heterocycles. The number of oxime groups is 1. The van der Waals surface area contributed by atoms with Crippen LogP contribution in [-0.4, -0.2) is 22.4 Å². The molecule has 0 amide bonds. The van der Waals surface area contributed by atoms with E-state index < -0.39 is 0 Å². The summed E-state index contributed by atoms with van der Waals surface area (Å²) in [7, 11) is 0. The Bertz CT molecular complexity index is 659. The van der Waals surface area contributed by atoms with Crippen molar-refractivity contribution in [2.24, 2.45) is 10.9 Å². The van der Waals surface area contributed by atoms with Gasteiger partial charge in [0, 0.05) is 4.90 Å². The molecule has 0 radical (unpaired) electrons. The van der Waals surface area contributed by atoms with Crippen LogP contribution in [0.5, 0.6) is 11.5 Å². The molecule has 5 nitrogen and oxygen atoms in total. The first kappa shape index (κ1) is 15.2. The van der Waals surface area contributed by atoms with E-state index in [-0.39, 0.29) is 12.4 Å². The first-order chi connectivity index (χ1) is 10.2. The molecule has 0 heterocycles. The molecule has 0 aliphatic rings. The lowest BCUT2D eigenvalue weighted by Crippen LogP contribution is -2.15. The molecule has 2 rings (SSSR count). The van der Waals surface area contributed by atoms with Crippen LogP contribution in [0.3, 0.4) is 0 Å². The number of amidine groups is 1. The van der Waals surface area contributed by atoms with E-state index in [1.54, 1.807) is 30.3 Å². The van der Waals surface area contributed by atoms with Crippen LogP contribution in [0.4, 0.5) is 0 Å². The number of hydrogen-bond acceptors (Lipinski definition) is 5. The van der Waals surface area contributed by atoms with E-state index in [4.69, 9.17) is 20.8 Å². The zero-order chi connectivity index (χ0) is 15.2. The summed E-state index contributed by atoms with van der Waals surface area (Å²) in [6.07, 6.45) is 1.90. The van der Waals surface area contributed by atoms with E-state index in [0.717, 1.165) is 10.5 Å². The van der Waals surface area contributed by atoms with Gasteiger partial charge in [0.05, 0.1) is 12.2 Å². The number of nitrogens with two attached hydrogens (primary N) is 1. The zero-order valence-electron chi connectivity index (χ0n) is 11.5. The maximum absolute atomic E-state index is 9.16. The standard InChI is InChI=1S/C15H16N2O3S/c1-21-13-7-3-6-12(14(13)15(16)17-19)20-11-5-2-4-10(8-11)9-18/h2-8,18-19H,9H2,1H3,(H2,16,17). The lowest BCUT2D eigenvalue weighted by molar-refractivity contribution is 0.281. The molecule has 2 aromatic rings. The second-order valence-corrected chi connectivity index (χ2v) is 5.07. The van der Waals surface area contributed by atoms with Crippen LogP contribution < -0.4 is 10.5 Å². The summed E-state index contributed by atoms with van der Waals surface area (Å²) in [6.45, 7) is -0.0604. The van der Waals surface area contributed by atoms with Crippen molar-refractivity contribution < 1.29 is 15.1 Å². The third-order valence-electron chi connectivity index (χ3n) is 2.88. The summed E-state index contributed by atoms with van der Waals surface area (Å²) in [6, 6.07) is 12.6. The Morgan fingerprint density at radius 1 is 1.29 bits per heavy atom. The Hall–Kier alpha value is -2.18. The number of aliphatic hydroxyl groups excluding tert-OH is 1. The second-order valence-electron chi connectivity index (χ2n) is 4.23. The van der Waals surface area contributed by atoms with Gasteiger partial charge >= 0.3 is 0 Å². The van der Waals surface area contributed by atoms with Gasteiger partial charge < -0.3 is 20.8 Å². The zero-order valence-corrected chi connectivity index (χ0v) is 12.3. The first-order valence-electron chi connectivity index (χ1n) is 6.22. The van der Waals surface area contributed by atoms with Crippen LogP contribution in [0, 0.1) is 0 Å². The highest BCUT2D eigenvalue weighted by Crippen LogP contribution is 2.32. The van der Waals surface area contributed by atoms with Gasteiger partial charge in [0.2, 0.25) is 0 Å². The molecule has 0 saturated heterocycles. The molecule has 0 saturated carbocycles.